The highest BCUT2D eigenvalue weighted by atomic mass is 35.5. The Labute approximate surface area is 217 Å². The second kappa shape index (κ2) is 9.44. The van der Waals surface area contributed by atoms with Crippen LogP contribution in [0.5, 0.6) is 23.0 Å². The van der Waals surface area contributed by atoms with Crippen LogP contribution < -0.4 is 18.9 Å². The molecular weight excluding hydrogens is 507 g/mol. The lowest BCUT2D eigenvalue weighted by Crippen LogP contribution is -2.35. The molecule has 10 heteroatoms. The van der Waals surface area contributed by atoms with Crippen LogP contribution in [0.4, 0.5) is 0 Å². The summed E-state index contributed by atoms with van der Waals surface area (Å²) < 4.78 is 22.8. The number of para-hydroxylation sites is 1. The van der Waals surface area contributed by atoms with Gasteiger partial charge >= 0.3 is 5.97 Å². The van der Waals surface area contributed by atoms with E-state index in [2.05, 4.69) is 0 Å². The van der Waals surface area contributed by atoms with E-state index >= 15 is 0 Å². The van der Waals surface area contributed by atoms with Crippen molar-refractivity contribution >= 4 is 34.9 Å². The molecule has 0 saturated heterocycles. The molecular formula is C26H22Cl2N2O6. The van der Waals surface area contributed by atoms with Crippen LogP contribution in [-0.2, 0) is 0 Å². The first-order chi connectivity index (χ1) is 17.4. The Balaban J connectivity index is 1.70. The van der Waals surface area contributed by atoms with Crippen molar-refractivity contribution in [2.75, 3.05) is 21.3 Å². The van der Waals surface area contributed by atoms with Crippen molar-refractivity contribution in [3.05, 3.63) is 80.8 Å². The van der Waals surface area contributed by atoms with Gasteiger partial charge in [-0.15, -0.1) is 0 Å². The van der Waals surface area contributed by atoms with Crippen molar-refractivity contribution < 1.29 is 28.8 Å². The highest BCUT2D eigenvalue weighted by Gasteiger charge is 2.44. The van der Waals surface area contributed by atoms with E-state index in [9.17, 15) is 9.90 Å². The van der Waals surface area contributed by atoms with Gasteiger partial charge in [0.2, 0.25) is 6.23 Å². The second-order valence-electron chi connectivity index (χ2n) is 8.19. The number of carboxylic acids is 1. The lowest BCUT2D eigenvalue weighted by atomic mass is 9.94. The average Bonchev–Trinajstić information content (AvgIpc) is 3.34. The minimum atomic E-state index is -1.18. The van der Waals surface area contributed by atoms with Crippen molar-refractivity contribution in [1.29, 1.82) is 0 Å². The molecule has 36 heavy (non-hydrogen) atoms. The number of rotatable bonds is 6. The van der Waals surface area contributed by atoms with E-state index in [0.717, 1.165) is 16.8 Å². The van der Waals surface area contributed by atoms with Gasteiger partial charge in [0.05, 0.1) is 43.1 Å². The number of nitrogens with zero attached hydrogens (tertiary/aromatic N) is 2. The zero-order valence-electron chi connectivity index (χ0n) is 19.6. The zero-order chi connectivity index (χ0) is 25.6. The largest absolute Gasteiger partial charge is 0.493 e. The van der Waals surface area contributed by atoms with E-state index in [4.69, 9.17) is 47.3 Å². The quantitative estimate of drug-likeness (QED) is 0.422. The number of halogens is 2. The molecule has 0 amide bonds. The Morgan fingerprint density at radius 2 is 1.78 bits per heavy atom. The highest BCUT2D eigenvalue weighted by molar-refractivity contribution is 6.42. The number of carbonyl (C=O) groups is 1. The molecule has 186 valence electrons. The van der Waals surface area contributed by atoms with Gasteiger partial charge in [-0.3, -0.25) is 0 Å². The smallest absolute Gasteiger partial charge is 0.340 e. The fourth-order valence-corrected chi connectivity index (χ4v) is 4.97. The molecule has 8 nitrogen and oxygen atoms in total. The van der Waals surface area contributed by atoms with Gasteiger partial charge in [0.15, 0.2) is 23.0 Å². The molecule has 0 aliphatic carbocycles. The first-order valence-corrected chi connectivity index (χ1v) is 11.8. The first kappa shape index (κ1) is 24.1. The third kappa shape index (κ3) is 3.86. The Morgan fingerprint density at radius 1 is 1.00 bits per heavy atom. The van der Waals surface area contributed by atoms with Gasteiger partial charge in [0.25, 0.3) is 0 Å². The van der Waals surface area contributed by atoms with E-state index in [1.165, 1.54) is 14.2 Å². The van der Waals surface area contributed by atoms with E-state index in [1.54, 1.807) is 42.5 Å². The second-order valence-corrected chi connectivity index (χ2v) is 9.01. The number of ether oxygens (including phenoxy) is 4. The van der Waals surface area contributed by atoms with Crippen LogP contribution in [0.25, 0.3) is 0 Å². The summed E-state index contributed by atoms with van der Waals surface area (Å²) in [5.74, 6) is 0.284. The predicted molar refractivity (Wildman–Crippen MR) is 135 cm³/mol. The van der Waals surface area contributed by atoms with Gasteiger partial charge in [-0.25, -0.2) is 9.80 Å². The molecule has 2 heterocycles. The van der Waals surface area contributed by atoms with Gasteiger partial charge in [-0.1, -0.05) is 41.4 Å². The third-order valence-electron chi connectivity index (χ3n) is 6.31. The minimum absolute atomic E-state index is 0.0721. The summed E-state index contributed by atoms with van der Waals surface area (Å²) in [6.45, 7) is 0. The van der Waals surface area contributed by atoms with E-state index in [-0.39, 0.29) is 17.4 Å². The summed E-state index contributed by atoms with van der Waals surface area (Å²) in [6, 6.07) is 14.0. The molecule has 0 fully saturated rings. The Hall–Kier alpha value is -3.62. The van der Waals surface area contributed by atoms with Crippen LogP contribution in [0, 0.1) is 0 Å². The lowest BCUT2D eigenvalue weighted by molar-refractivity contribution is -0.0217. The summed E-state index contributed by atoms with van der Waals surface area (Å²) >= 11 is 12.4. The number of benzene rings is 3. The van der Waals surface area contributed by atoms with Crippen LogP contribution in [0.15, 0.2) is 53.6 Å². The van der Waals surface area contributed by atoms with E-state index < -0.39 is 12.2 Å². The van der Waals surface area contributed by atoms with Crippen LogP contribution in [0.3, 0.4) is 0 Å². The molecule has 0 unspecified atom stereocenters. The standard InChI is InChI=1S/C26H22Cl2N2O6/c1-33-20-6-4-5-14-19-12-18(13-7-9-16(27)17(28)11-13)29-30(19)25(36-23(14)20)15-8-10-21(34-2)24(35-3)22(15)26(31)32/h4-11,19,25H,12H2,1-3H3,(H,31,32)/t19-,25+/m0/s1. The van der Waals surface area contributed by atoms with Crippen molar-refractivity contribution in [2.24, 2.45) is 5.10 Å². The van der Waals surface area contributed by atoms with E-state index in [1.807, 2.05) is 18.2 Å². The first-order valence-electron chi connectivity index (χ1n) is 11.0. The molecule has 0 aromatic heterocycles. The SMILES string of the molecule is COc1cccc2c1O[C@H](c1ccc(OC)c(OC)c1C(=O)O)N1N=C(c3ccc(Cl)c(Cl)c3)C[C@@H]21. The van der Waals surface area contributed by atoms with Crippen molar-refractivity contribution in [3.63, 3.8) is 0 Å². The van der Waals surface area contributed by atoms with Gasteiger partial charge < -0.3 is 24.1 Å². The fourth-order valence-electron chi connectivity index (χ4n) is 4.67. The van der Waals surface area contributed by atoms with Crippen molar-refractivity contribution in [1.82, 2.24) is 5.01 Å². The number of hydrazone groups is 1. The summed E-state index contributed by atoms with van der Waals surface area (Å²) in [4.78, 5) is 12.4. The molecule has 0 spiro atoms. The Bertz CT molecular complexity index is 1390. The lowest BCUT2D eigenvalue weighted by Gasteiger charge is -2.39. The molecule has 5 rings (SSSR count). The van der Waals surface area contributed by atoms with Gasteiger partial charge in [0, 0.05) is 17.5 Å². The molecule has 2 aliphatic heterocycles. The van der Waals surface area contributed by atoms with Crippen LogP contribution in [0.1, 0.15) is 45.7 Å². The topological polar surface area (TPSA) is 89.8 Å². The van der Waals surface area contributed by atoms with Gasteiger partial charge in [-0.2, -0.15) is 5.10 Å². The van der Waals surface area contributed by atoms with Crippen LogP contribution in [-0.4, -0.2) is 43.1 Å². The number of aromatic carboxylic acids is 1. The maximum atomic E-state index is 12.4. The Kier molecular flexibility index (Phi) is 6.32. The van der Waals surface area contributed by atoms with Crippen molar-refractivity contribution in [2.45, 2.75) is 18.7 Å². The number of fused-ring (bicyclic) bond motifs is 3. The third-order valence-corrected chi connectivity index (χ3v) is 7.05. The van der Waals surface area contributed by atoms with Crippen molar-refractivity contribution in [3.8, 4) is 23.0 Å². The number of methoxy groups -OCH3 is 3. The summed E-state index contributed by atoms with van der Waals surface area (Å²) in [7, 11) is 4.41. The Morgan fingerprint density at radius 3 is 2.44 bits per heavy atom. The maximum absolute atomic E-state index is 12.4. The molecule has 0 radical (unpaired) electrons. The van der Waals surface area contributed by atoms with Gasteiger partial charge in [0.1, 0.15) is 5.56 Å². The molecule has 0 bridgehead atoms. The molecule has 2 aliphatic rings. The zero-order valence-corrected chi connectivity index (χ0v) is 21.1. The monoisotopic (exact) mass is 528 g/mol. The molecule has 1 N–H and O–H groups in total. The van der Waals surface area contributed by atoms with Crippen LogP contribution >= 0.6 is 23.2 Å². The summed E-state index contributed by atoms with van der Waals surface area (Å²) in [6.07, 6.45) is -0.349. The maximum Gasteiger partial charge on any atom is 0.340 e. The molecule has 3 aromatic rings. The number of hydrogen-bond donors (Lipinski definition) is 1. The predicted octanol–water partition coefficient (Wildman–Crippen LogP) is 5.96. The molecule has 2 atom stereocenters. The van der Waals surface area contributed by atoms with E-state index in [0.29, 0.717) is 39.3 Å². The average molecular weight is 529 g/mol. The molecule has 0 saturated carbocycles. The van der Waals surface area contributed by atoms with Crippen LogP contribution in [0.2, 0.25) is 10.0 Å². The highest BCUT2D eigenvalue weighted by Crippen LogP contribution is 2.52. The molecule has 3 aromatic carbocycles. The summed E-state index contributed by atoms with van der Waals surface area (Å²) in [5.41, 5.74) is 2.74. The normalized spacial score (nSPS) is 18.0. The summed E-state index contributed by atoms with van der Waals surface area (Å²) in [5, 5.41) is 17.7. The van der Waals surface area contributed by atoms with Gasteiger partial charge in [-0.05, 0) is 35.9 Å². The number of hydrogen-bond acceptors (Lipinski definition) is 7. The minimum Gasteiger partial charge on any atom is -0.493 e. The number of carboxylic acid groups (broad SMARTS) is 1. The fraction of sp³-hybridized carbons (Fsp3) is 0.231.